The fraction of sp³-hybridized carbons (Fsp3) is 0. The van der Waals surface area contributed by atoms with Crippen LogP contribution in [-0.2, 0) is 0 Å². The van der Waals surface area contributed by atoms with Crippen LogP contribution in [0.2, 0.25) is 0 Å². The fourth-order valence-electron chi connectivity index (χ4n) is 4.96. The first kappa shape index (κ1) is 23.3. The summed E-state index contributed by atoms with van der Waals surface area (Å²) in [4.78, 5) is 10.7. The molecule has 6 nitrogen and oxygen atoms in total. The minimum atomic E-state index is 0.332. The number of allylic oxidation sites excluding steroid dienone is 6. The Bertz CT molecular complexity index is 1830. The first-order valence-corrected chi connectivity index (χ1v) is 11.2. The maximum atomic E-state index is 10.1. The third kappa shape index (κ3) is 3.45. The molecule has 0 saturated heterocycles. The summed E-state index contributed by atoms with van der Waals surface area (Å²) >= 11 is 0. The van der Waals surface area contributed by atoms with Crippen molar-refractivity contribution in [3.63, 3.8) is 0 Å². The molecule has 3 aromatic carbocycles. The summed E-state index contributed by atoms with van der Waals surface area (Å²) in [6.45, 7) is 22.7. The van der Waals surface area contributed by atoms with E-state index in [1.807, 2.05) is 18.2 Å². The van der Waals surface area contributed by atoms with Crippen LogP contribution in [0.15, 0.2) is 72.9 Å². The van der Waals surface area contributed by atoms with Crippen molar-refractivity contribution < 1.29 is 0 Å². The van der Waals surface area contributed by atoms with Gasteiger partial charge in [0.25, 0.3) is 0 Å². The third-order valence-corrected chi connectivity index (χ3v) is 6.48. The lowest BCUT2D eigenvalue weighted by Gasteiger charge is -2.12. The summed E-state index contributed by atoms with van der Waals surface area (Å²) in [5, 5.41) is 29.0. The van der Waals surface area contributed by atoms with Crippen molar-refractivity contribution in [3.8, 4) is 18.2 Å². The van der Waals surface area contributed by atoms with Gasteiger partial charge >= 0.3 is 0 Å². The molecule has 5 rings (SSSR count). The van der Waals surface area contributed by atoms with Crippen molar-refractivity contribution in [2.45, 2.75) is 0 Å². The fourth-order valence-corrected chi connectivity index (χ4v) is 4.96. The number of hydrogen-bond donors (Lipinski definition) is 0. The van der Waals surface area contributed by atoms with Crippen molar-refractivity contribution in [3.05, 3.63) is 146 Å². The van der Waals surface area contributed by atoms with Gasteiger partial charge in [0, 0.05) is 6.08 Å². The number of benzene rings is 3. The first-order valence-electron chi connectivity index (χ1n) is 11.2. The molecule has 0 aromatic heterocycles. The SMILES string of the molecule is [C-]#[N+]/C=C1/C(c2cccc(C3=C([N+]#[C-])c4cc(C#N)ccc4/C3=C\C#N)c2)=C(C#N)c2cc([N+]#[C-])ccc21. The quantitative estimate of drug-likeness (QED) is 0.281. The molecule has 38 heavy (non-hydrogen) atoms. The van der Waals surface area contributed by atoms with Gasteiger partial charge in [0.15, 0.2) is 11.9 Å². The molecular weight excluding hydrogens is 468 g/mol. The van der Waals surface area contributed by atoms with Crippen LogP contribution < -0.4 is 0 Å². The minimum Gasteiger partial charge on any atom is -0.245 e. The normalized spacial score (nSPS) is 15.1. The maximum Gasteiger partial charge on any atom is 0.203 e. The molecule has 0 aliphatic heterocycles. The summed E-state index contributed by atoms with van der Waals surface area (Å²) < 4.78 is 0. The Morgan fingerprint density at radius 3 is 2.08 bits per heavy atom. The largest absolute Gasteiger partial charge is 0.245 e. The molecule has 0 bridgehead atoms. The van der Waals surface area contributed by atoms with Crippen LogP contribution in [0.5, 0.6) is 0 Å². The van der Waals surface area contributed by atoms with E-state index < -0.39 is 0 Å². The summed E-state index contributed by atoms with van der Waals surface area (Å²) in [7, 11) is 0. The zero-order valence-electron chi connectivity index (χ0n) is 19.6. The second-order valence-electron chi connectivity index (χ2n) is 8.35. The molecule has 2 aliphatic rings. The molecule has 0 heterocycles. The average Bonchev–Trinajstić information content (AvgIpc) is 3.44. The molecule has 6 heteroatoms. The number of hydrogen-bond acceptors (Lipinski definition) is 3. The average molecular weight is 480 g/mol. The zero-order valence-corrected chi connectivity index (χ0v) is 19.6. The van der Waals surface area contributed by atoms with Crippen molar-refractivity contribution >= 4 is 39.2 Å². The molecule has 0 amide bonds. The predicted molar refractivity (Wildman–Crippen MR) is 144 cm³/mol. The van der Waals surface area contributed by atoms with Crippen LogP contribution in [0.1, 0.15) is 38.9 Å². The van der Waals surface area contributed by atoms with Crippen LogP contribution in [0, 0.1) is 53.7 Å². The lowest BCUT2D eigenvalue weighted by Crippen LogP contribution is -1.91. The summed E-state index contributed by atoms with van der Waals surface area (Å²) in [6, 6.07) is 23.9. The van der Waals surface area contributed by atoms with Gasteiger partial charge in [-0.2, -0.15) is 15.8 Å². The highest BCUT2D eigenvalue weighted by Crippen LogP contribution is 2.50. The van der Waals surface area contributed by atoms with E-state index in [9.17, 15) is 15.8 Å². The van der Waals surface area contributed by atoms with Gasteiger partial charge in [0.1, 0.15) is 6.07 Å². The highest BCUT2D eigenvalue weighted by atomic mass is 14.7. The van der Waals surface area contributed by atoms with Crippen molar-refractivity contribution in [2.24, 2.45) is 0 Å². The second kappa shape index (κ2) is 9.31. The van der Waals surface area contributed by atoms with Gasteiger partial charge in [0.05, 0.1) is 43.0 Å². The molecule has 0 atom stereocenters. The molecule has 0 spiro atoms. The molecular formula is C32H12N6. The van der Waals surface area contributed by atoms with Gasteiger partial charge < -0.3 is 0 Å². The molecule has 0 saturated carbocycles. The third-order valence-electron chi connectivity index (χ3n) is 6.48. The standard InChI is InChI=1S/C32H12N6/c1-36-18-29-24-10-8-22(37-2)15-26(24)28(17-35)30(29)20-5-4-6-21(14-20)31-25(11-12-33)23-9-7-19(16-34)13-27(23)32(31)38-3/h4-11,13-15,18H/b25-11+,29-18+. The summed E-state index contributed by atoms with van der Waals surface area (Å²) in [5.74, 6) is 0. The van der Waals surface area contributed by atoms with Crippen LogP contribution in [0.3, 0.4) is 0 Å². The Kier molecular flexibility index (Phi) is 5.71. The monoisotopic (exact) mass is 480 g/mol. The predicted octanol–water partition coefficient (Wildman–Crippen LogP) is 7.53. The van der Waals surface area contributed by atoms with E-state index in [2.05, 4.69) is 32.7 Å². The van der Waals surface area contributed by atoms with Crippen molar-refractivity contribution in [1.29, 1.82) is 15.8 Å². The Labute approximate surface area is 219 Å². The molecule has 0 radical (unpaired) electrons. The van der Waals surface area contributed by atoms with Gasteiger partial charge in [-0.1, -0.05) is 36.4 Å². The van der Waals surface area contributed by atoms with E-state index in [-0.39, 0.29) is 0 Å². The highest BCUT2D eigenvalue weighted by molar-refractivity contribution is 6.26. The molecule has 2 aliphatic carbocycles. The molecule has 0 unspecified atom stereocenters. The molecule has 170 valence electrons. The van der Waals surface area contributed by atoms with Crippen molar-refractivity contribution in [2.75, 3.05) is 0 Å². The Morgan fingerprint density at radius 1 is 0.684 bits per heavy atom. The van der Waals surface area contributed by atoms with Gasteiger partial charge in [-0.25, -0.2) is 14.5 Å². The van der Waals surface area contributed by atoms with Gasteiger partial charge in [-0.3, -0.25) is 0 Å². The maximum absolute atomic E-state index is 10.1. The van der Waals surface area contributed by atoms with Crippen molar-refractivity contribution in [1.82, 2.24) is 0 Å². The Balaban J connectivity index is 1.76. The minimum absolute atomic E-state index is 0.332. The number of fused-ring (bicyclic) bond motifs is 2. The van der Waals surface area contributed by atoms with Gasteiger partial charge in [-0.15, -0.1) is 0 Å². The van der Waals surface area contributed by atoms with Gasteiger partial charge in [0.2, 0.25) is 5.70 Å². The van der Waals surface area contributed by atoms with E-state index in [0.29, 0.717) is 78.2 Å². The Morgan fingerprint density at radius 2 is 1.42 bits per heavy atom. The lowest BCUT2D eigenvalue weighted by molar-refractivity contribution is 1.47. The summed E-state index contributed by atoms with van der Waals surface area (Å²) in [5.41, 5.74) is 7.71. The van der Waals surface area contributed by atoms with E-state index in [4.69, 9.17) is 19.7 Å². The Hall–Kier alpha value is -6.44. The van der Waals surface area contributed by atoms with Gasteiger partial charge in [-0.05, 0) is 79.9 Å². The van der Waals surface area contributed by atoms with E-state index in [0.717, 1.165) is 0 Å². The van der Waals surface area contributed by atoms with Crippen LogP contribution in [0.4, 0.5) is 5.69 Å². The number of nitriles is 3. The zero-order chi connectivity index (χ0) is 26.8. The molecule has 0 fully saturated rings. The van der Waals surface area contributed by atoms with Crippen LogP contribution >= 0.6 is 0 Å². The first-order chi connectivity index (χ1) is 18.6. The number of nitrogens with zero attached hydrogens (tertiary/aromatic N) is 6. The van der Waals surface area contributed by atoms with E-state index >= 15 is 0 Å². The lowest BCUT2D eigenvalue weighted by atomic mass is 9.91. The van der Waals surface area contributed by atoms with Crippen LogP contribution in [-0.4, -0.2) is 0 Å². The molecule has 0 N–H and O–H groups in total. The topological polar surface area (TPSA) is 84.5 Å². The summed E-state index contributed by atoms with van der Waals surface area (Å²) in [6.07, 6.45) is 2.77. The van der Waals surface area contributed by atoms with Crippen LogP contribution in [0.25, 0.3) is 48.1 Å². The highest BCUT2D eigenvalue weighted by Gasteiger charge is 2.30. The second-order valence-corrected chi connectivity index (χ2v) is 8.35. The number of rotatable bonds is 2. The molecule has 3 aromatic rings. The van der Waals surface area contributed by atoms with E-state index in [1.165, 1.54) is 12.3 Å². The van der Waals surface area contributed by atoms with E-state index in [1.54, 1.807) is 42.5 Å². The smallest absolute Gasteiger partial charge is 0.203 e.